The minimum Gasteiger partial charge on any atom is -0.325 e. The summed E-state index contributed by atoms with van der Waals surface area (Å²) in [7, 11) is -7.91. The van der Waals surface area contributed by atoms with Crippen molar-refractivity contribution in [2.24, 2.45) is 0 Å². The van der Waals surface area contributed by atoms with Crippen LogP contribution in [0.4, 0.5) is 24.5 Å². The molecule has 2 rings (SSSR count). The number of benzene rings is 2. The van der Waals surface area contributed by atoms with E-state index in [2.05, 4.69) is 5.32 Å². The number of sulfonamides is 2. The topological polar surface area (TPSA) is 104 Å². The molecule has 0 saturated carbocycles. The third-order valence-electron chi connectivity index (χ3n) is 4.71. The number of amides is 1. The Morgan fingerprint density at radius 1 is 1.00 bits per heavy atom. The molecule has 0 radical (unpaired) electrons. The average Bonchev–Trinajstić information content (AvgIpc) is 2.72. The monoisotopic (exact) mass is 541 g/mol. The maximum absolute atomic E-state index is 13.1. The maximum Gasteiger partial charge on any atom is 0.416 e. The Labute approximate surface area is 201 Å². The van der Waals surface area contributed by atoms with E-state index in [0.717, 1.165) is 12.3 Å². The van der Waals surface area contributed by atoms with E-state index < -0.39 is 49.9 Å². The molecule has 188 valence electrons. The summed E-state index contributed by atoms with van der Waals surface area (Å²) in [4.78, 5) is 12.5. The number of anilines is 2. The summed E-state index contributed by atoms with van der Waals surface area (Å²) in [5.74, 6) is -0.877. The van der Waals surface area contributed by atoms with Crippen LogP contribution >= 0.6 is 11.6 Å². The number of nitrogens with one attached hydrogen (secondary N) is 1. The molecule has 8 nitrogen and oxygen atoms in total. The van der Waals surface area contributed by atoms with Crippen LogP contribution in [0.25, 0.3) is 0 Å². The Kier molecular flexibility index (Phi) is 8.62. The van der Waals surface area contributed by atoms with E-state index in [-0.39, 0.29) is 28.7 Å². The van der Waals surface area contributed by atoms with Crippen LogP contribution in [0.1, 0.15) is 19.4 Å². The first-order valence-electron chi connectivity index (χ1n) is 9.85. The van der Waals surface area contributed by atoms with Gasteiger partial charge in [0.25, 0.3) is 0 Å². The van der Waals surface area contributed by atoms with Crippen molar-refractivity contribution >= 4 is 48.9 Å². The van der Waals surface area contributed by atoms with E-state index in [1.807, 2.05) is 0 Å². The van der Waals surface area contributed by atoms with E-state index in [0.29, 0.717) is 16.4 Å². The van der Waals surface area contributed by atoms with Crippen LogP contribution in [-0.2, 0) is 31.0 Å². The van der Waals surface area contributed by atoms with Crippen molar-refractivity contribution in [2.45, 2.75) is 24.9 Å². The molecule has 0 atom stereocenters. The van der Waals surface area contributed by atoms with Gasteiger partial charge in [0, 0.05) is 18.8 Å². The van der Waals surface area contributed by atoms with Gasteiger partial charge in [0.2, 0.25) is 26.0 Å². The first kappa shape index (κ1) is 27.9. The van der Waals surface area contributed by atoms with Crippen molar-refractivity contribution in [3.05, 3.63) is 53.1 Å². The molecule has 0 saturated heterocycles. The van der Waals surface area contributed by atoms with E-state index in [1.165, 1.54) is 28.6 Å². The Balaban J connectivity index is 2.28. The Morgan fingerprint density at radius 3 is 2.03 bits per heavy atom. The van der Waals surface area contributed by atoms with Gasteiger partial charge in [0.15, 0.2) is 0 Å². The fourth-order valence-electron chi connectivity index (χ4n) is 3.01. The van der Waals surface area contributed by atoms with Crippen LogP contribution in [0.3, 0.4) is 0 Å². The lowest BCUT2D eigenvalue weighted by Crippen LogP contribution is -2.37. The fourth-order valence-corrected chi connectivity index (χ4v) is 5.60. The smallest absolute Gasteiger partial charge is 0.325 e. The minimum atomic E-state index is -4.75. The van der Waals surface area contributed by atoms with Crippen LogP contribution in [-0.4, -0.2) is 52.9 Å². The second-order valence-electron chi connectivity index (χ2n) is 7.10. The quantitative estimate of drug-likeness (QED) is 0.520. The Hall–Kier alpha value is -2.35. The highest BCUT2D eigenvalue weighted by atomic mass is 35.5. The zero-order chi connectivity index (χ0) is 25.9. The number of rotatable bonds is 9. The molecule has 2 aromatic rings. The lowest BCUT2D eigenvalue weighted by molar-refractivity contribution is -0.137. The highest BCUT2D eigenvalue weighted by Gasteiger charge is 2.33. The first-order valence-corrected chi connectivity index (χ1v) is 13.5. The molecule has 0 bridgehead atoms. The summed E-state index contributed by atoms with van der Waals surface area (Å²) >= 11 is 5.93. The molecule has 0 spiro atoms. The van der Waals surface area contributed by atoms with Crippen molar-refractivity contribution < 1.29 is 34.8 Å². The van der Waals surface area contributed by atoms with Gasteiger partial charge in [-0.05, 0) is 42.5 Å². The van der Waals surface area contributed by atoms with Crippen molar-refractivity contribution in [1.29, 1.82) is 0 Å². The van der Waals surface area contributed by atoms with Gasteiger partial charge in [-0.3, -0.25) is 9.10 Å². The second-order valence-corrected chi connectivity index (χ2v) is 11.3. The molecule has 0 aromatic heterocycles. The number of halogens is 4. The standard InChI is InChI=1S/C20H23ClF3N3O5S2/c1-4-26(5-2)34(31,32)16-9-7-15(8-10-16)25-19(28)13-27(33(3,29)30)18-12-14(20(22,23)24)6-11-17(18)21/h6-12H,4-5,13H2,1-3H3,(H,25,28). The van der Waals surface area contributed by atoms with E-state index >= 15 is 0 Å². The molecule has 0 unspecified atom stereocenters. The van der Waals surface area contributed by atoms with Gasteiger partial charge in [0.1, 0.15) is 6.54 Å². The van der Waals surface area contributed by atoms with E-state index in [4.69, 9.17) is 11.6 Å². The van der Waals surface area contributed by atoms with Crippen LogP contribution in [0, 0.1) is 0 Å². The predicted molar refractivity (Wildman–Crippen MR) is 124 cm³/mol. The first-order chi connectivity index (χ1) is 15.6. The number of carbonyl (C=O) groups excluding carboxylic acids is 1. The van der Waals surface area contributed by atoms with Crippen molar-refractivity contribution in [3.63, 3.8) is 0 Å². The largest absolute Gasteiger partial charge is 0.416 e. The fraction of sp³-hybridized carbons (Fsp3) is 0.350. The molecular weight excluding hydrogens is 519 g/mol. The summed E-state index contributed by atoms with van der Waals surface area (Å²) < 4.78 is 90.5. The number of nitrogens with zero attached hydrogens (tertiary/aromatic N) is 2. The molecular formula is C20H23ClF3N3O5S2. The zero-order valence-electron chi connectivity index (χ0n) is 18.4. The summed E-state index contributed by atoms with van der Waals surface area (Å²) in [6.07, 6.45) is -4.03. The number of carbonyl (C=O) groups is 1. The lowest BCUT2D eigenvalue weighted by atomic mass is 10.2. The van der Waals surface area contributed by atoms with Gasteiger partial charge < -0.3 is 5.32 Å². The van der Waals surface area contributed by atoms with Crippen molar-refractivity contribution in [1.82, 2.24) is 4.31 Å². The third kappa shape index (κ3) is 6.62. The van der Waals surface area contributed by atoms with Gasteiger partial charge in [-0.25, -0.2) is 16.8 Å². The molecule has 0 aliphatic heterocycles. The second kappa shape index (κ2) is 10.5. The Morgan fingerprint density at radius 2 is 1.56 bits per heavy atom. The molecule has 0 aliphatic rings. The molecule has 0 fully saturated rings. The number of hydrogen-bond acceptors (Lipinski definition) is 5. The summed E-state index contributed by atoms with van der Waals surface area (Å²) in [6.45, 7) is 3.08. The van der Waals surface area contributed by atoms with Crippen molar-refractivity contribution in [3.8, 4) is 0 Å². The summed E-state index contributed by atoms with van der Waals surface area (Å²) in [5, 5.41) is 2.10. The van der Waals surface area contributed by atoms with Gasteiger partial charge in [-0.1, -0.05) is 25.4 Å². The maximum atomic E-state index is 13.1. The predicted octanol–water partition coefficient (Wildman–Crippen LogP) is 3.79. The molecule has 34 heavy (non-hydrogen) atoms. The minimum absolute atomic E-state index is 0.00251. The van der Waals surface area contributed by atoms with Crippen LogP contribution in [0.15, 0.2) is 47.4 Å². The number of alkyl halides is 3. The van der Waals surface area contributed by atoms with Gasteiger partial charge in [-0.15, -0.1) is 0 Å². The molecule has 1 N–H and O–H groups in total. The molecule has 0 heterocycles. The van der Waals surface area contributed by atoms with E-state index in [1.54, 1.807) is 13.8 Å². The lowest BCUT2D eigenvalue weighted by Gasteiger charge is -2.24. The third-order valence-corrected chi connectivity index (χ3v) is 8.22. The van der Waals surface area contributed by atoms with Gasteiger partial charge in [-0.2, -0.15) is 17.5 Å². The SMILES string of the molecule is CCN(CC)S(=O)(=O)c1ccc(NC(=O)CN(c2cc(C(F)(F)F)ccc2Cl)S(C)(=O)=O)cc1. The van der Waals surface area contributed by atoms with Gasteiger partial charge >= 0.3 is 6.18 Å². The van der Waals surface area contributed by atoms with Crippen LogP contribution in [0.5, 0.6) is 0 Å². The molecule has 0 aliphatic carbocycles. The Bertz CT molecular complexity index is 1250. The average molecular weight is 542 g/mol. The molecule has 1 amide bonds. The molecule has 2 aromatic carbocycles. The van der Waals surface area contributed by atoms with Crippen LogP contribution in [0.2, 0.25) is 5.02 Å². The summed E-state index contributed by atoms with van der Waals surface area (Å²) in [5.41, 5.74) is -1.48. The number of hydrogen-bond donors (Lipinski definition) is 1. The molecule has 14 heteroatoms. The van der Waals surface area contributed by atoms with E-state index in [9.17, 15) is 34.8 Å². The van der Waals surface area contributed by atoms with Crippen molar-refractivity contribution in [2.75, 3.05) is 35.5 Å². The normalized spacial score (nSPS) is 12.6. The highest BCUT2D eigenvalue weighted by molar-refractivity contribution is 7.92. The summed E-state index contributed by atoms with van der Waals surface area (Å²) in [6, 6.07) is 7.32. The van der Waals surface area contributed by atoms with Crippen LogP contribution < -0.4 is 9.62 Å². The van der Waals surface area contributed by atoms with Gasteiger partial charge in [0.05, 0.1) is 27.4 Å². The highest BCUT2D eigenvalue weighted by Crippen LogP contribution is 2.36. The zero-order valence-corrected chi connectivity index (χ0v) is 20.8.